The Balaban J connectivity index is 1.38. The molecule has 1 aliphatic heterocycles. The zero-order chi connectivity index (χ0) is 27.1. The van der Waals surface area contributed by atoms with Crippen LogP contribution in [-0.4, -0.2) is 36.5 Å². The number of amides is 1. The average Bonchev–Trinajstić information content (AvgIpc) is 3.58. The summed E-state index contributed by atoms with van der Waals surface area (Å²) >= 11 is 1.57. The summed E-state index contributed by atoms with van der Waals surface area (Å²) in [7, 11) is 0. The van der Waals surface area contributed by atoms with Gasteiger partial charge in [-0.3, -0.25) is 19.7 Å². The molecule has 11 heteroatoms. The van der Waals surface area contributed by atoms with Crippen LogP contribution in [0, 0.1) is 11.2 Å². The Morgan fingerprint density at radius 2 is 2.03 bits per heavy atom. The van der Waals surface area contributed by atoms with E-state index in [1.54, 1.807) is 29.8 Å². The fourth-order valence-corrected chi connectivity index (χ4v) is 5.23. The van der Waals surface area contributed by atoms with E-state index < -0.39 is 5.82 Å². The lowest BCUT2D eigenvalue weighted by atomic mass is 9.92. The molecule has 5 aromatic heterocycles. The van der Waals surface area contributed by atoms with E-state index in [2.05, 4.69) is 35.8 Å². The molecule has 196 valence electrons. The van der Waals surface area contributed by atoms with Gasteiger partial charge in [0.2, 0.25) is 5.91 Å². The van der Waals surface area contributed by atoms with Crippen LogP contribution in [0.4, 0.5) is 10.1 Å². The maximum atomic E-state index is 16.2. The summed E-state index contributed by atoms with van der Waals surface area (Å²) in [6.07, 6.45) is 6.75. The van der Waals surface area contributed by atoms with Crippen LogP contribution in [0.2, 0.25) is 0 Å². The lowest BCUT2D eigenvalue weighted by molar-refractivity contribution is -0.117. The Bertz CT molecular complexity index is 1740. The Labute approximate surface area is 227 Å². The number of aromatic nitrogens is 5. The maximum absolute atomic E-state index is 16.2. The van der Waals surface area contributed by atoms with Crippen LogP contribution < -0.4 is 10.7 Å². The number of halogens is 1. The van der Waals surface area contributed by atoms with E-state index in [1.165, 1.54) is 12.4 Å². The van der Waals surface area contributed by atoms with E-state index in [0.29, 0.717) is 52.4 Å². The lowest BCUT2D eigenvalue weighted by Gasteiger charge is -2.19. The highest BCUT2D eigenvalue weighted by Crippen LogP contribution is 2.32. The number of hydrogen-bond donors (Lipinski definition) is 3. The number of imidazole rings is 1. The predicted molar refractivity (Wildman–Crippen MR) is 150 cm³/mol. The minimum absolute atomic E-state index is 0.111. The molecule has 1 aliphatic rings. The van der Waals surface area contributed by atoms with Gasteiger partial charge >= 0.3 is 0 Å². The normalized spacial score (nSPS) is 13.1. The monoisotopic (exact) mass is 540 g/mol. The van der Waals surface area contributed by atoms with Crippen molar-refractivity contribution in [2.45, 2.75) is 33.7 Å². The smallest absolute Gasteiger partial charge is 0.224 e. The Morgan fingerprint density at radius 3 is 2.82 bits per heavy atom. The van der Waals surface area contributed by atoms with Crippen LogP contribution in [0.5, 0.6) is 0 Å². The lowest BCUT2D eigenvalue weighted by Crippen LogP contribution is -2.24. The average molecular weight is 541 g/mol. The number of rotatable bonds is 5. The van der Waals surface area contributed by atoms with Crippen molar-refractivity contribution in [3.63, 3.8) is 0 Å². The molecular formula is C28H25FN8OS. The maximum Gasteiger partial charge on any atom is 0.224 e. The van der Waals surface area contributed by atoms with Crippen molar-refractivity contribution in [2.75, 3.05) is 5.32 Å². The van der Waals surface area contributed by atoms with Crippen molar-refractivity contribution in [3.8, 4) is 21.8 Å². The largest absolute Gasteiger partial charge is 0.336 e. The summed E-state index contributed by atoms with van der Waals surface area (Å²) in [6, 6.07) is 7.45. The zero-order valence-corrected chi connectivity index (χ0v) is 22.4. The number of aromatic amines is 1. The SMILES string of the molecule is CC(C)(C)CC(=O)Nc1cncc(-c2ncc3c(c2F)C(c2nc4c(-c5cccs5)nccc4[nH]2)=NNC3)c1. The Hall–Kier alpha value is -4.51. The second-order valence-corrected chi connectivity index (χ2v) is 11.4. The molecule has 0 aliphatic carbocycles. The molecule has 6 rings (SSSR count). The number of pyridine rings is 3. The standard InChI is InChI=1S/C28H25FN8OS/c1-28(2,3)10-20(38)34-17-9-15(11-30-14-17)23-22(29)21-16(12-32-23)13-33-37-26(21)27-35-18-6-7-31-25(24(18)36-27)19-5-4-8-39-19/h4-9,11-12,14,33H,10,13H2,1-3H3,(H,34,38)(H,35,36). The molecule has 6 heterocycles. The highest BCUT2D eigenvalue weighted by Gasteiger charge is 2.27. The molecule has 0 aromatic carbocycles. The topological polar surface area (TPSA) is 121 Å². The molecule has 0 atom stereocenters. The van der Waals surface area contributed by atoms with Crippen LogP contribution in [0.1, 0.15) is 44.1 Å². The van der Waals surface area contributed by atoms with Crippen LogP contribution >= 0.6 is 11.3 Å². The van der Waals surface area contributed by atoms with E-state index in [0.717, 1.165) is 16.1 Å². The highest BCUT2D eigenvalue weighted by molar-refractivity contribution is 7.13. The molecule has 0 radical (unpaired) electrons. The molecule has 1 amide bonds. The van der Waals surface area contributed by atoms with Crippen molar-refractivity contribution < 1.29 is 9.18 Å². The quantitative estimate of drug-likeness (QED) is 0.270. The van der Waals surface area contributed by atoms with E-state index in [9.17, 15) is 4.79 Å². The van der Waals surface area contributed by atoms with E-state index in [-0.39, 0.29) is 17.0 Å². The van der Waals surface area contributed by atoms with Gasteiger partial charge in [-0.25, -0.2) is 9.37 Å². The third kappa shape index (κ3) is 4.88. The minimum Gasteiger partial charge on any atom is -0.336 e. The Morgan fingerprint density at radius 1 is 1.15 bits per heavy atom. The van der Waals surface area contributed by atoms with Crippen LogP contribution in [0.3, 0.4) is 0 Å². The number of fused-ring (bicyclic) bond motifs is 2. The molecule has 0 bridgehead atoms. The summed E-state index contributed by atoms with van der Waals surface area (Å²) < 4.78 is 16.2. The van der Waals surface area contributed by atoms with Gasteiger partial charge in [0.15, 0.2) is 11.6 Å². The van der Waals surface area contributed by atoms with Crippen molar-refractivity contribution >= 4 is 39.7 Å². The first-order valence-corrected chi connectivity index (χ1v) is 13.3. The fourth-order valence-electron chi connectivity index (χ4n) is 4.51. The van der Waals surface area contributed by atoms with Gasteiger partial charge < -0.3 is 15.7 Å². The minimum atomic E-state index is -0.537. The molecule has 5 aromatic rings. The van der Waals surface area contributed by atoms with Gasteiger partial charge in [-0.2, -0.15) is 5.10 Å². The van der Waals surface area contributed by atoms with Gasteiger partial charge in [0.1, 0.15) is 22.6 Å². The fraction of sp³-hybridized carbons (Fsp3) is 0.214. The number of H-pyrrole nitrogens is 1. The molecule has 0 saturated carbocycles. The first kappa shape index (κ1) is 24.8. The second kappa shape index (κ2) is 9.66. The van der Waals surface area contributed by atoms with Crippen LogP contribution in [-0.2, 0) is 11.3 Å². The molecule has 3 N–H and O–H groups in total. The van der Waals surface area contributed by atoms with Gasteiger partial charge in [0, 0.05) is 36.1 Å². The number of nitrogens with zero attached hydrogens (tertiary/aromatic N) is 5. The number of carbonyl (C=O) groups excluding carboxylic acids is 1. The van der Waals surface area contributed by atoms with Gasteiger partial charge in [0.25, 0.3) is 0 Å². The third-order valence-corrected chi connectivity index (χ3v) is 7.04. The van der Waals surface area contributed by atoms with Crippen molar-refractivity contribution in [1.82, 2.24) is 30.3 Å². The highest BCUT2D eigenvalue weighted by atomic mass is 32.1. The molecule has 0 saturated heterocycles. The first-order chi connectivity index (χ1) is 18.8. The van der Waals surface area contributed by atoms with Crippen molar-refractivity contribution in [1.29, 1.82) is 0 Å². The number of nitrogens with one attached hydrogen (secondary N) is 3. The van der Waals surface area contributed by atoms with Gasteiger partial charge in [-0.05, 0) is 29.0 Å². The van der Waals surface area contributed by atoms with Gasteiger partial charge in [-0.15, -0.1) is 11.3 Å². The second-order valence-electron chi connectivity index (χ2n) is 10.5. The van der Waals surface area contributed by atoms with E-state index >= 15 is 4.39 Å². The van der Waals surface area contributed by atoms with Crippen LogP contribution in [0.25, 0.3) is 32.9 Å². The summed E-state index contributed by atoms with van der Waals surface area (Å²) in [5, 5.41) is 9.27. The summed E-state index contributed by atoms with van der Waals surface area (Å²) in [5.41, 5.74) is 7.33. The van der Waals surface area contributed by atoms with Crippen LogP contribution in [0.15, 0.2) is 59.5 Å². The molecule has 9 nitrogen and oxygen atoms in total. The third-order valence-electron chi connectivity index (χ3n) is 6.16. The molecule has 39 heavy (non-hydrogen) atoms. The molecule has 0 spiro atoms. The summed E-state index contributed by atoms with van der Waals surface area (Å²) in [5.74, 6) is -0.256. The summed E-state index contributed by atoms with van der Waals surface area (Å²) in [4.78, 5) is 34.6. The van der Waals surface area contributed by atoms with E-state index in [4.69, 9.17) is 4.98 Å². The Kier molecular flexibility index (Phi) is 6.15. The van der Waals surface area contributed by atoms with Gasteiger partial charge in [-0.1, -0.05) is 26.8 Å². The predicted octanol–water partition coefficient (Wildman–Crippen LogP) is 5.51. The number of hydrazone groups is 1. The zero-order valence-electron chi connectivity index (χ0n) is 21.5. The number of anilines is 1. The van der Waals surface area contributed by atoms with Crippen molar-refractivity contribution in [3.05, 3.63) is 77.2 Å². The first-order valence-electron chi connectivity index (χ1n) is 12.4. The molecular weight excluding hydrogens is 515 g/mol. The number of hydrogen-bond acceptors (Lipinski definition) is 8. The summed E-state index contributed by atoms with van der Waals surface area (Å²) in [6.45, 7) is 6.29. The number of thiophene rings is 1. The molecule has 0 fully saturated rings. The van der Waals surface area contributed by atoms with E-state index in [1.807, 2.05) is 44.4 Å². The van der Waals surface area contributed by atoms with Gasteiger partial charge in [0.05, 0.1) is 34.4 Å². The molecule has 0 unspecified atom stereocenters. The number of carbonyl (C=O) groups is 1. The van der Waals surface area contributed by atoms with Crippen molar-refractivity contribution in [2.24, 2.45) is 10.5 Å².